The number of aryl methyl sites for hydroxylation is 1. The number of aromatic amines is 1. The Kier molecular flexibility index (Phi) is 2.97. The van der Waals surface area contributed by atoms with Crippen molar-refractivity contribution in [1.29, 1.82) is 0 Å². The van der Waals surface area contributed by atoms with Crippen molar-refractivity contribution < 1.29 is 4.92 Å². The minimum atomic E-state index is -0.469. The van der Waals surface area contributed by atoms with Crippen LogP contribution in [0.3, 0.4) is 0 Å². The van der Waals surface area contributed by atoms with Gasteiger partial charge in [0.25, 0.3) is 0 Å². The van der Waals surface area contributed by atoms with Gasteiger partial charge in [0.05, 0.1) is 11.8 Å². The summed E-state index contributed by atoms with van der Waals surface area (Å²) in [7, 11) is 0. The van der Waals surface area contributed by atoms with Crippen LogP contribution in [0.1, 0.15) is 18.9 Å². The SMILES string of the molecule is C[C@H](N)CCc1cn[nH]c1[N+](=O)[O-]. The molecule has 13 heavy (non-hydrogen) atoms. The van der Waals surface area contributed by atoms with Gasteiger partial charge in [-0.15, -0.1) is 5.10 Å². The fraction of sp³-hybridized carbons (Fsp3) is 0.571. The third kappa shape index (κ3) is 2.51. The van der Waals surface area contributed by atoms with E-state index in [-0.39, 0.29) is 11.9 Å². The van der Waals surface area contributed by atoms with E-state index in [0.29, 0.717) is 12.0 Å². The van der Waals surface area contributed by atoms with Gasteiger partial charge in [0.15, 0.2) is 0 Å². The standard InChI is InChI=1S/C7H12N4O2/c1-5(8)2-3-6-4-9-10-7(6)11(12)13/h4-5H,2-3,8H2,1H3,(H,9,10)/t5-/m0/s1. The second-order valence-corrected chi connectivity index (χ2v) is 3.02. The summed E-state index contributed by atoms with van der Waals surface area (Å²) in [5, 5.41) is 16.4. The highest BCUT2D eigenvalue weighted by Crippen LogP contribution is 2.15. The normalized spacial score (nSPS) is 12.8. The molecule has 0 aliphatic rings. The van der Waals surface area contributed by atoms with E-state index in [1.807, 2.05) is 6.92 Å². The van der Waals surface area contributed by atoms with Crippen LogP contribution in [0, 0.1) is 10.1 Å². The third-order valence-electron chi connectivity index (χ3n) is 1.75. The molecule has 0 aromatic carbocycles. The summed E-state index contributed by atoms with van der Waals surface area (Å²) < 4.78 is 0. The number of nitrogens with one attached hydrogen (secondary N) is 1. The van der Waals surface area contributed by atoms with Gasteiger partial charge < -0.3 is 15.8 Å². The third-order valence-corrected chi connectivity index (χ3v) is 1.75. The largest absolute Gasteiger partial charge is 0.358 e. The molecule has 0 fully saturated rings. The fourth-order valence-corrected chi connectivity index (χ4v) is 1.03. The zero-order valence-electron chi connectivity index (χ0n) is 7.36. The average Bonchev–Trinajstić information content (AvgIpc) is 2.47. The molecule has 0 unspecified atom stereocenters. The van der Waals surface area contributed by atoms with Crippen LogP contribution in [-0.4, -0.2) is 21.2 Å². The van der Waals surface area contributed by atoms with Gasteiger partial charge in [-0.05, 0) is 24.7 Å². The number of hydrogen-bond acceptors (Lipinski definition) is 4. The van der Waals surface area contributed by atoms with Crippen molar-refractivity contribution in [3.63, 3.8) is 0 Å². The van der Waals surface area contributed by atoms with Crippen molar-refractivity contribution in [3.8, 4) is 0 Å². The highest BCUT2D eigenvalue weighted by Gasteiger charge is 2.14. The van der Waals surface area contributed by atoms with Crippen LogP contribution in [0.2, 0.25) is 0 Å². The number of nitrogens with two attached hydrogens (primary N) is 1. The summed E-state index contributed by atoms with van der Waals surface area (Å²) in [6, 6.07) is 0.0505. The zero-order valence-corrected chi connectivity index (χ0v) is 7.36. The molecule has 3 N–H and O–H groups in total. The molecule has 1 aromatic rings. The molecule has 0 spiro atoms. The van der Waals surface area contributed by atoms with Crippen LogP contribution in [0.25, 0.3) is 0 Å². The molecule has 6 nitrogen and oxygen atoms in total. The summed E-state index contributed by atoms with van der Waals surface area (Å²) in [6.45, 7) is 1.87. The maximum Gasteiger partial charge on any atom is 0.345 e. The molecule has 0 amide bonds. The van der Waals surface area contributed by atoms with Crippen LogP contribution in [-0.2, 0) is 6.42 Å². The predicted molar refractivity (Wildman–Crippen MR) is 47.2 cm³/mol. The van der Waals surface area contributed by atoms with Crippen molar-refractivity contribution in [2.75, 3.05) is 0 Å². The molecule has 0 bridgehead atoms. The van der Waals surface area contributed by atoms with Crippen molar-refractivity contribution >= 4 is 5.82 Å². The second-order valence-electron chi connectivity index (χ2n) is 3.02. The molecule has 1 aromatic heterocycles. The van der Waals surface area contributed by atoms with Gasteiger partial charge in [0.2, 0.25) is 0 Å². The lowest BCUT2D eigenvalue weighted by atomic mass is 10.1. The first-order valence-electron chi connectivity index (χ1n) is 4.03. The van der Waals surface area contributed by atoms with Crippen LogP contribution in [0.15, 0.2) is 6.20 Å². The van der Waals surface area contributed by atoms with E-state index in [1.165, 1.54) is 6.20 Å². The number of nitro groups is 1. The molecule has 0 saturated heterocycles. The highest BCUT2D eigenvalue weighted by atomic mass is 16.6. The Bertz CT molecular complexity index is 294. The van der Waals surface area contributed by atoms with Gasteiger partial charge in [-0.1, -0.05) is 5.10 Å². The van der Waals surface area contributed by atoms with E-state index in [9.17, 15) is 10.1 Å². The Hall–Kier alpha value is -1.43. The molecule has 1 atom stereocenters. The molecule has 0 aliphatic heterocycles. The number of rotatable bonds is 4. The molecule has 0 radical (unpaired) electrons. The Labute approximate surface area is 75.3 Å². The lowest BCUT2D eigenvalue weighted by molar-refractivity contribution is -0.390. The van der Waals surface area contributed by atoms with E-state index in [4.69, 9.17) is 5.73 Å². The zero-order chi connectivity index (χ0) is 9.84. The van der Waals surface area contributed by atoms with Crippen LogP contribution < -0.4 is 5.73 Å². The van der Waals surface area contributed by atoms with Gasteiger partial charge in [-0.2, -0.15) is 0 Å². The van der Waals surface area contributed by atoms with Gasteiger partial charge in [-0.25, -0.2) is 0 Å². The number of hydrogen-bond donors (Lipinski definition) is 2. The summed E-state index contributed by atoms with van der Waals surface area (Å²) >= 11 is 0. The van der Waals surface area contributed by atoms with Gasteiger partial charge in [-0.3, -0.25) is 0 Å². The lowest BCUT2D eigenvalue weighted by Crippen LogP contribution is -2.15. The molecule has 0 aliphatic carbocycles. The minimum absolute atomic E-state index is 0.0272. The summed E-state index contributed by atoms with van der Waals surface area (Å²) in [5.41, 5.74) is 6.15. The first-order valence-corrected chi connectivity index (χ1v) is 4.03. The summed E-state index contributed by atoms with van der Waals surface area (Å²) in [5.74, 6) is -0.0272. The smallest absolute Gasteiger partial charge is 0.345 e. The summed E-state index contributed by atoms with van der Waals surface area (Å²) in [6.07, 6.45) is 2.78. The fourth-order valence-electron chi connectivity index (χ4n) is 1.03. The Morgan fingerprint density at radius 1 is 1.85 bits per heavy atom. The molecule has 1 rings (SSSR count). The summed E-state index contributed by atoms with van der Waals surface area (Å²) in [4.78, 5) is 9.96. The maximum atomic E-state index is 10.4. The van der Waals surface area contributed by atoms with Crippen LogP contribution in [0.5, 0.6) is 0 Å². The predicted octanol–water partition coefficient (Wildman–Crippen LogP) is 0.598. The molecular formula is C7H12N4O2. The topological polar surface area (TPSA) is 97.8 Å². The van der Waals surface area contributed by atoms with Crippen molar-refractivity contribution in [1.82, 2.24) is 10.2 Å². The first-order chi connectivity index (χ1) is 6.11. The van der Waals surface area contributed by atoms with Crippen molar-refractivity contribution in [2.24, 2.45) is 5.73 Å². The molecule has 72 valence electrons. The Morgan fingerprint density at radius 2 is 2.54 bits per heavy atom. The highest BCUT2D eigenvalue weighted by molar-refractivity contribution is 5.29. The van der Waals surface area contributed by atoms with Crippen LogP contribution >= 0.6 is 0 Å². The average molecular weight is 184 g/mol. The molecule has 0 saturated carbocycles. The monoisotopic (exact) mass is 184 g/mol. The number of H-pyrrole nitrogens is 1. The lowest BCUT2D eigenvalue weighted by Gasteiger charge is -2.01. The van der Waals surface area contributed by atoms with E-state index in [0.717, 1.165) is 6.42 Å². The minimum Gasteiger partial charge on any atom is -0.358 e. The molecular weight excluding hydrogens is 172 g/mol. The van der Waals surface area contributed by atoms with Gasteiger partial charge in [0.1, 0.15) is 0 Å². The van der Waals surface area contributed by atoms with E-state index in [1.54, 1.807) is 0 Å². The molecule has 1 heterocycles. The second kappa shape index (κ2) is 3.99. The van der Waals surface area contributed by atoms with Crippen LogP contribution in [0.4, 0.5) is 5.82 Å². The Morgan fingerprint density at radius 3 is 3.08 bits per heavy atom. The van der Waals surface area contributed by atoms with E-state index < -0.39 is 4.92 Å². The Balaban J connectivity index is 2.65. The van der Waals surface area contributed by atoms with Gasteiger partial charge in [0, 0.05) is 6.04 Å². The van der Waals surface area contributed by atoms with E-state index >= 15 is 0 Å². The van der Waals surface area contributed by atoms with E-state index in [2.05, 4.69) is 10.2 Å². The number of nitrogens with zero attached hydrogens (tertiary/aromatic N) is 2. The van der Waals surface area contributed by atoms with Gasteiger partial charge >= 0.3 is 5.82 Å². The quantitative estimate of drug-likeness (QED) is 0.528. The molecule has 6 heteroatoms. The first kappa shape index (κ1) is 9.66. The number of aromatic nitrogens is 2. The van der Waals surface area contributed by atoms with Crippen molar-refractivity contribution in [2.45, 2.75) is 25.8 Å². The van der Waals surface area contributed by atoms with Crippen molar-refractivity contribution in [3.05, 3.63) is 21.9 Å². The maximum absolute atomic E-state index is 10.4.